The van der Waals surface area contributed by atoms with Gasteiger partial charge in [0.25, 0.3) is 0 Å². The summed E-state index contributed by atoms with van der Waals surface area (Å²) in [4.78, 5) is 0. The van der Waals surface area contributed by atoms with E-state index in [0.29, 0.717) is 0 Å². The van der Waals surface area contributed by atoms with Gasteiger partial charge in [-0.2, -0.15) is 0 Å². The first kappa shape index (κ1) is 13.7. The number of benzene rings is 1. The molecule has 1 aromatic carbocycles. The zero-order valence-electron chi connectivity index (χ0n) is 10.3. The van der Waals surface area contributed by atoms with Crippen molar-refractivity contribution in [1.82, 2.24) is 0 Å². The zero-order chi connectivity index (χ0) is 12.0. The van der Waals surface area contributed by atoms with Crippen molar-refractivity contribution in [3.05, 3.63) is 34.3 Å². The number of halogens is 1. The molecule has 0 aliphatic rings. The van der Waals surface area contributed by atoms with E-state index in [-0.39, 0.29) is 5.54 Å². The van der Waals surface area contributed by atoms with Gasteiger partial charge in [0.2, 0.25) is 0 Å². The minimum absolute atomic E-state index is 0.214. The maximum Gasteiger partial charge on any atom is 0.0392 e. The maximum atomic E-state index is 6.39. The van der Waals surface area contributed by atoms with Crippen molar-refractivity contribution in [3.8, 4) is 0 Å². The lowest BCUT2D eigenvalue weighted by molar-refractivity contribution is 0.422. The van der Waals surface area contributed by atoms with Crippen LogP contribution in [0.2, 0.25) is 0 Å². The smallest absolute Gasteiger partial charge is 0.0392 e. The summed E-state index contributed by atoms with van der Waals surface area (Å²) in [5, 5.41) is 0. The Bertz CT molecular complexity index is 320. The van der Waals surface area contributed by atoms with E-state index in [9.17, 15) is 0 Å². The molecule has 1 atom stereocenters. The second kappa shape index (κ2) is 6.41. The molecule has 2 heteroatoms. The Labute approximate surface area is 108 Å². The third-order valence-electron chi connectivity index (χ3n) is 3.04. The molecule has 0 spiro atoms. The molecule has 0 radical (unpaired) electrons. The van der Waals surface area contributed by atoms with Crippen LogP contribution in [0.15, 0.2) is 28.7 Å². The largest absolute Gasteiger partial charge is 0.322 e. The van der Waals surface area contributed by atoms with E-state index in [1.54, 1.807) is 0 Å². The molecule has 0 aliphatic heterocycles. The Hall–Kier alpha value is -0.340. The number of nitrogens with two attached hydrogens (primary N) is 1. The van der Waals surface area contributed by atoms with Crippen LogP contribution in [0.5, 0.6) is 0 Å². The average molecular weight is 284 g/mol. The summed E-state index contributed by atoms with van der Waals surface area (Å²) in [6, 6.07) is 8.26. The number of hydrogen-bond donors (Lipinski definition) is 1. The van der Waals surface area contributed by atoms with Crippen LogP contribution >= 0.6 is 15.9 Å². The second-order valence-electron chi connectivity index (χ2n) is 4.71. The molecule has 0 saturated heterocycles. The van der Waals surface area contributed by atoms with Gasteiger partial charge in [-0.15, -0.1) is 0 Å². The van der Waals surface area contributed by atoms with Gasteiger partial charge in [0, 0.05) is 10.0 Å². The topological polar surface area (TPSA) is 26.0 Å². The van der Waals surface area contributed by atoms with E-state index in [1.807, 2.05) is 6.07 Å². The molecular weight excluding hydrogens is 262 g/mol. The van der Waals surface area contributed by atoms with Gasteiger partial charge in [0.05, 0.1) is 0 Å². The van der Waals surface area contributed by atoms with Crippen molar-refractivity contribution in [1.29, 1.82) is 0 Å². The minimum Gasteiger partial charge on any atom is -0.322 e. The standard InChI is InChI=1S/C14H22BrN/c1-3-4-5-8-11-14(2,16)12-9-6-7-10-13(12)15/h6-7,9-10H,3-5,8,11,16H2,1-2H3. The second-order valence-corrected chi connectivity index (χ2v) is 5.56. The highest BCUT2D eigenvalue weighted by molar-refractivity contribution is 9.10. The van der Waals surface area contributed by atoms with E-state index in [0.717, 1.165) is 10.9 Å². The molecule has 0 heterocycles. The lowest BCUT2D eigenvalue weighted by Crippen LogP contribution is -2.33. The van der Waals surface area contributed by atoms with Gasteiger partial charge in [-0.05, 0) is 25.0 Å². The Kier molecular flexibility index (Phi) is 5.50. The molecule has 1 rings (SSSR count). The van der Waals surface area contributed by atoms with Gasteiger partial charge < -0.3 is 5.73 Å². The Morgan fingerprint density at radius 3 is 2.50 bits per heavy atom. The van der Waals surface area contributed by atoms with E-state index in [1.165, 1.54) is 31.2 Å². The highest BCUT2D eigenvalue weighted by Crippen LogP contribution is 2.30. The van der Waals surface area contributed by atoms with E-state index in [2.05, 4.69) is 48.0 Å². The van der Waals surface area contributed by atoms with Gasteiger partial charge in [0.1, 0.15) is 0 Å². The van der Waals surface area contributed by atoms with Gasteiger partial charge >= 0.3 is 0 Å². The van der Waals surface area contributed by atoms with Crippen molar-refractivity contribution < 1.29 is 0 Å². The molecule has 0 aromatic heterocycles. The first-order chi connectivity index (χ1) is 7.58. The summed E-state index contributed by atoms with van der Waals surface area (Å²) in [7, 11) is 0. The van der Waals surface area contributed by atoms with Crippen LogP contribution in [-0.2, 0) is 5.54 Å². The Balaban J connectivity index is 2.59. The molecular formula is C14H22BrN. The summed E-state index contributed by atoms with van der Waals surface area (Å²) in [5.74, 6) is 0. The molecule has 0 fully saturated rings. The third kappa shape index (κ3) is 3.91. The quantitative estimate of drug-likeness (QED) is 0.759. The van der Waals surface area contributed by atoms with E-state index >= 15 is 0 Å². The van der Waals surface area contributed by atoms with Crippen molar-refractivity contribution in [2.45, 2.75) is 51.5 Å². The average Bonchev–Trinajstić information content (AvgIpc) is 2.25. The lowest BCUT2D eigenvalue weighted by Gasteiger charge is -2.26. The van der Waals surface area contributed by atoms with Crippen LogP contribution in [0.25, 0.3) is 0 Å². The molecule has 1 unspecified atom stereocenters. The Morgan fingerprint density at radius 2 is 1.88 bits per heavy atom. The number of rotatable bonds is 6. The lowest BCUT2D eigenvalue weighted by atomic mass is 9.87. The minimum atomic E-state index is -0.214. The maximum absolute atomic E-state index is 6.39. The normalized spacial score (nSPS) is 14.8. The first-order valence-corrected chi connectivity index (χ1v) is 6.91. The fourth-order valence-electron chi connectivity index (χ4n) is 1.98. The van der Waals surface area contributed by atoms with Crippen molar-refractivity contribution in [3.63, 3.8) is 0 Å². The van der Waals surface area contributed by atoms with Crippen LogP contribution in [0.3, 0.4) is 0 Å². The van der Waals surface area contributed by atoms with E-state index < -0.39 is 0 Å². The molecule has 2 N–H and O–H groups in total. The van der Waals surface area contributed by atoms with Crippen LogP contribution < -0.4 is 5.73 Å². The SMILES string of the molecule is CCCCCCC(C)(N)c1ccccc1Br. The molecule has 0 bridgehead atoms. The van der Waals surface area contributed by atoms with Crippen LogP contribution in [0.4, 0.5) is 0 Å². The summed E-state index contributed by atoms with van der Waals surface area (Å²) in [6.07, 6.45) is 6.13. The van der Waals surface area contributed by atoms with Gasteiger partial charge in [-0.25, -0.2) is 0 Å². The first-order valence-electron chi connectivity index (χ1n) is 6.12. The molecule has 0 amide bonds. The van der Waals surface area contributed by atoms with Crippen molar-refractivity contribution >= 4 is 15.9 Å². The molecule has 1 aromatic rings. The highest BCUT2D eigenvalue weighted by atomic mass is 79.9. The van der Waals surface area contributed by atoms with Crippen LogP contribution in [0.1, 0.15) is 51.5 Å². The molecule has 16 heavy (non-hydrogen) atoms. The highest BCUT2D eigenvalue weighted by Gasteiger charge is 2.22. The number of unbranched alkanes of at least 4 members (excludes halogenated alkanes) is 3. The zero-order valence-corrected chi connectivity index (χ0v) is 11.9. The summed E-state index contributed by atoms with van der Waals surface area (Å²) in [6.45, 7) is 4.36. The van der Waals surface area contributed by atoms with Gasteiger partial charge in [-0.3, -0.25) is 0 Å². The molecule has 0 saturated carbocycles. The molecule has 90 valence electrons. The van der Waals surface area contributed by atoms with Gasteiger partial charge in [0.15, 0.2) is 0 Å². The van der Waals surface area contributed by atoms with Crippen LogP contribution in [-0.4, -0.2) is 0 Å². The molecule has 1 nitrogen and oxygen atoms in total. The summed E-state index contributed by atoms with van der Waals surface area (Å²) >= 11 is 3.57. The van der Waals surface area contributed by atoms with Gasteiger partial charge in [-0.1, -0.05) is 66.7 Å². The third-order valence-corrected chi connectivity index (χ3v) is 3.73. The van der Waals surface area contributed by atoms with Crippen molar-refractivity contribution in [2.75, 3.05) is 0 Å². The fraction of sp³-hybridized carbons (Fsp3) is 0.571. The van der Waals surface area contributed by atoms with E-state index in [4.69, 9.17) is 5.73 Å². The van der Waals surface area contributed by atoms with Crippen LogP contribution in [0, 0.1) is 0 Å². The number of hydrogen-bond acceptors (Lipinski definition) is 1. The van der Waals surface area contributed by atoms with Crippen molar-refractivity contribution in [2.24, 2.45) is 5.73 Å². The summed E-state index contributed by atoms with van der Waals surface area (Å²) < 4.78 is 1.12. The monoisotopic (exact) mass is 283 g/mol. The predicted octanol–water partition coefficient (Wildman–Crippen LogP) is 4.59. The predicted molar refractivity (Wildman–Crippen MR) is 74.4 cm³/mol. The fourth-order valence-corrected chi connectivity index (χ4v) is 2.72. The Morgan fingerprint density at radius 1 is 1.19 bits per heavy atom. The summed E-state index contributed by atoms with van der Waals surface area (Å²) in [5.41, 5.74) is 7.39. The molecule has 0 aliphatic carbocycles.